The molecule has 0 saturated heterocycles. The Morgan fingerprint density at radius 1 is 1.25 bits per heavy atom. The van der Waals surface area contributed by atoms with Gasteiger partial charge in [0.15, 0.2) is 0 Å². The third-order valence-corrected chi connectivity index (χ3v) is 3.86. The molecule has 0 saturated carbocycles. The number of furan rings is 1. The van der Waals surface area contributed by atoms with Gasteiger partial charge in [-0.15, -0.1) is 0 Å². The van der Waals surface area contributed by atoms with Gasteiger partial charge >= 0.3 is 0 Å². The molecule has 0 aliphatic heterocycles. The number of aromatic nitrogens is 2. The van der Waals surface area contributed by atoms with Gasteiger partial charge in [-0.05, 0) is 30.7 Å². The number of nitrogens with zero attached hydrogens (tertiary/aromatic N) is 2. The second-order valence-electron chi connectivity index (χ2n) is 5.71. The Morgan fingerprint density at radius 2 is 2.08 bits per heavy atom. The first-order chi connectivity index (χ1) is 11.6. The topological polar surface area (TPSA) is 79.2 Å². The van der Waals surface area contributed by atoms with Crippen molar-refractivity contribution in [3.05, 3.63) is 64.6 Å². The van der Waals surface area contributed by atoms with Gasteiger partial charge in [-0.25, -0.2) is 4.98 Å². The fourth-order valence-electron chi connectivity index (χ4n) is 2.58. The summed E-state index contributed by atoms with van der Waals surface area (Å²) in [4.78, 5) is 33.0. The van der Waals surface area contributed by atoms with Gasteiger partial charge in [0.2, 0.25) is 5.91 Å². The normalized spacial score (nSPS) is 10.9. The molecule has 0 spiro atoms. The maximum absolute atomic E-state index is 12.1. The first-order valence-electron chi connectivity index (χ1n) is 7.88. The second kappa shape index (κ2) is 7.12. The van der Waals surface area contributed by atoms with Gasteiger partial charge in [-0.3, -0.25) is 9.59 Å². The number of aromatic amines is 1. The maximum Gasteiger partial charge on any atom is 0.258 e. The Bertz CT molecular complexity index is 884. The number of aryl methyl sites for hydroxylation is 1. The quantitative estimate of drug-likeness (QED) is 0.755. The average Bonchev–Trinajstić information content (AvgIpc) is 3.08. The zero-order chi connectivity index (χ0) is 16.9. The van der Waals surface area contributed by atoms with Crippen LogP contribution in [-0.2, 0) is 17.8 Å². The molecular formula is C18H19N3O3. The van der Waals surface area contributed by atoms with Crippen molar-refractivity contribution in [3.63, 3.8) is 0 Å². The Morgan fingerprint density at radius 3 is 2.88 bits per heavy atom. The van der Waals surface area contributed by atoms with Crippen LogP contribution in [0.1, 0.15) is 24.4 Å². The number of fused-ring (bicyclic) bond motifs is 1. The van der Waals surface area contributed by atoms with Crippen LogP contribution in [0.2, 0.25) is 0 Å². The van der Waals surface area contributed by atoms with E-state index in [1.54, 1.807) is 30.3 Å². The van der Waals surface area contributed by atoms with E-state index < -0.39 is 0 Å². The lowest BCUT2D eigenvalue weighted by Gasteiger charge is -2.15. The van der Waals surface area contributed by atoms with Gasteiger partial charge in [0.1, 0.15) is 11.6 Å². The van der Waals surface area contributed by atoms with Gasteiger partial charge in [0.05, 0.1) is 23.7 Å². The van der Waals surface area contributed by atoms with E-state index in [1.165, 1.54) is 0 Å². The first kappa shape index (κ1) is 16.0. The minimum atomic E-state index is -0.142. The number of carbonyl (C=O) groups excluding carboxylic acids is 1. The highest BCUT2D eigenvalue weighted by Gasteiger charge is 2.11. The summed E-state index contributed by atoms with van der Waals surface area (Å²) in [6, 6.07) is 10.9. The Kier molecular flexibility index (Phi) is 4.74. The van der Waals surface area contributed by atoms with Crippen molar-refractivity contribution in [1.29, 1.82) is 0 Å². The minimum Gasteiger partial charge on any atom is -0.467 e. The van der Waals surface area contributed by atoms with E-state index in [0.29, 0.717) is 42.5 Å². The summed E-state index contributed by atoms with van der Waals surface area (Å²) < 4.78 is 5.24. The van der Waals surface area contributed by atoms with Crippen LogP contribution in [0, 0.1) is 0 Å². The lowest BCUT2D eigenvalue weighted by Crippen LogP contribution is -2.25. The van der Waals surface area contributed by atoms with Crippen molar-refractivity contribution in [2.75, 3.05) is 7.05 Å². The summed E-state index contributed by atoms with van der Waals surface area (Å²) in [5.74, 6) is 1.40. The third kappa shape index (κ3) is 3.71. The average molecular weight is 325 g/mol. The first-order valence-corrected chi connectivity index (χ1v) is 7.88. The number of hydrogen-bond donors (Lipinski definition) is 1. The molecule has 0 unspecified atom stereocenters. The summed E-state index contributed by atoms with van der Waals surface area (Å²) in [6.07, 6.45) is 3.17. The van der Waals surface area contributed by atoms with Gasteiger partial charge in [-0.1, -0.05) is 12.1 Å². The molecule has 0 atom stereocenters. The lowest BCUT2D eigenvalue weighted by atomic mass is 10.2. The highest BCUT2D eigenvalue weighted by Crippen LogP contribution is 2.09. The molecule has 3 rings (SSSR count). The number of carbonyl (C=O) groups is 1. The molecule has 1 aromatic carbocycles. The van der Waals surface area contributed by atoms with Crippen LogP contribution in [0.15, 0.2) is 51.9 Å². The lowest BCUT2D eigenvalue weighted by molar-refractivity contribution is -0.130. The number of H-pyrrole nitrogens is 1. The van der Waals surface area contributed by atoms with Gasteiger partial charge in [-0.2, -0.15) is 0 Å². The molecule has 0 aliphatic rings. The number of para-hydroxylation sites is 1. The molecule has 0 fully saturated rings. The maximum atomic E-state index is 12.1. The molecule has 0 bridgehead atoms. The molecule has 6 heteroatoms. The van der Waals surface area contributed by atoms with Crippen LogP contribution >= 0.6 is 0 Å². The number of nitrogens with one attached hydrogen (secondary N) is 1. The van der Waals surface area contributed by atoms with E-state index in [-0.39, 0.29) is 11.5 Å². The van der Waals surface area contributed by atoms with Crippen molar-refractivity contribution >= 4 is 16.8 Å². The van der Waals surface area contributed by atoms with E-state index in [2.05, 4.69) is 9.97 Å². The molecule has 0 radical (unpaired) electrons. The molecule has 1 amide bonds. The molecule has 24 heavy (non-hydrogen) atoms. The van der Waals surface area contributed by atoms with Crippen LogP contribution in [0.5, 0.6) is 0 Å². The van der Waals surface area contributed by atoms with Crippen LogP contribution < -0.4 is 5.56 Å². The molecular weight excluding hydrogens is 306 g/mol. The second-order valence-corrected chi connectivity index (χ2v) is 5.71. The van der Waals surface area contributed by atoms with Crippen molar-refractivity contribution in [3.8, 4) is 0 Å². The zero-order valence-electron chi connectivity index (χ0n) is 13.5. The van der Waals surface area contributed by atoms with E-state index in [9.17, 15) is 9.59 Å². The largest absolute Gasteiger partial charge is 0.467 e. The Hall–Kier alpha value is -2.89. The fourth-order valence-corrected chi connectivity index (χ4v) is 2.58. The Balaban J connectivity index is 1.56. The summed E-state index contributed by atoms with van der Waals surface area (Å²) in [7, 11) is 1.75. The summed E-state index contributed by atoms with van der Waals surface area (Å²) >= 11 is 0. The molecule has 0 aliphatic carbocycles. The van der Waals surface area contributed by atoms with Crippen molar-refractivity contribution in [1.82, 2.24) is 14.9 Å². The van der Waals surface area contributed by atoms with Crippen molar-refractivity contribution in [2.45, 2.75) is 25.8 Å². The number of hydrogen-bond acceptors (Lipinski definition) is 4. The highest BCUT2D eigenvalue weighted by molar-refractivity contribution is 5.77. The molecule has 2 aromatic heterocycles. The van der Waals surface area contributed by atoms with E-state index >= 15 is 0 Å². The van der Waals surface area contributed by atoms with Gasteiger partial charge in [0, 0.05) is 19.9 Å². The van der Waals surface area contributed by atoms with Gasteiger partial charge < -0.3 is 14.3 Å². The van der Waals surface area contributed by atoms with E-state index in [1.807, 2.05) is 24.3 Å². The van der Waals surface area contributed by atoms with Crippen LogP contribution in [0.3, 0.4) is 0 Å². The standard InChI is InChI=1S/C18H19N3O3/c1-21(12-13-6-5-11-24-13)17(22)10-4-9-16-19-15-8-3-2-7-14(15)18(23)20-16/h2-3,5-8,11H,4,9-10,12H2,1H3,(H,19,20,23). The number of benzene rings is 1. The van der Waals surface area contributed by atoms with Crippen molar-refractivity contribution in [2.24, 2.45) is 0 Å². The van der Waals surface area contributed by atoms with Crippen LogP contribution in [0.4, 0.5) is 0 Å². The molecule has 6 nitrogen and oxygen atoms in total. The predicted molar refractivity (Wildman–Crippen MR) is 90.5 cm³/mol. The van der Waals surface area contributed by atoms with E-state index in [4.69, 9.17) is 4.42 Å². The van der Waals surface area contributed by atoms with Crippen LogP contribution in [-0.4, -0.2) is 27.8 Å². The highest BCUT2D eigenvalue weighted by atomic mass is 16.3. The number of amides is 1. The van der Waals surface area contributed by atoms with Crippen LogP contribution in [0.25, 0.3) is 10.9 Å². The molecule has 3 aromatic rings. The summed E-state index contributed by atoms with van der Waals surface area (Å²) in [6.45, 7) is 0.455. The summed E-state index contributed by atoms with van der Waals surface area (Å²) in [5.41, 5.74) is 0.536. The predicted octanol–water partition coefficient (Wildman–Crippen LogP) is 2.50. The fraction of sp³-hybridized carbons (Fsp3) is 0.278. The molecule has 1 N–H and O–H groups in total. The summed E-state index contributed by atoms with van der Waals surface area (Å²) in [5, 5.41) is 0.579. The van der Waals surface area contributed by atoms with Crippen molar-refractivity contribution < 1.29 is 9.21 Å². The zero-order valence-corrected chi connectivity index (χ0v) is 13.5. The SMILES string of the molecule is CN(Cc1ccco1)C(=O)CCCc1nc2ccccc2c(=O)[nH]1. The number of rotatable bonds is 6. The third-order valence-electron chi connectivity index (χ3n) is 3.86. The monoisotopic (exact) mass is 325 g/mol. The van der Waals surface area contributed by atoms with E-state index in [0.717, 1.165) is 5.76 Å². The smallest absolute Gasteiger partial charge is 0.258 e. The molecule has 2 heterocycles. The minimum absolute atomic E-state index is 0.0366. The Labute approximate surface area is 139 Å². The molecule has 124 valence electrons. The van der Waals surface area contributed by atoms with Gasteiger partial charge in [0.25, 0.3) is 5.56 Å².